The van der Waals surface area contributed by atoms with Crippen LogP contribution in [0.25, 0.3) is 0 Å². The minimum absolute atomic E-state index is 0.0472. The van der Waals surface area contributed by atoms with Gasteiger partial charge in [-0.05, 0) is 38.0 Å². The molecule has 3 fully saturated rings. The predicted octanol–water partition coefficient (Wildman–Crippen LogP) is 1.63. The maximum absolute atomic E-state index is 11.8. The van der Waals surface area contributed by atoms with Crippen molar-refractivity contribution in [3.05, 3.63) is 0 Å². The number of carbonyl (C=O) groups is 1. The first-order valence-corrected chi connectivity index (χ1v) is 7.37. The smallest absolute Gasteiger partial charge is 0.249 e. The second-order valence-electron chi connectivity index (χ2n) is 5.82. The maximum Gasteiger partial charge on any atom is 0.249 e. The average molecular weight is 253 g/mol. The van der Waals surface area contributed by atoms with E-state index in [2.05, 4.69) is 5.32 Å². The molecule has 1 saturated carbocycles. The Hall–Kier alpha value is -0.610. The summed E-state index contributed by atoms with van der Waals surface area (Å²) in [6.07, 6.45) is 8.62. The molecule has 1 N–H and O–H groups in total. The minimum Gasteiger partial charge on any atom is -0.373 e. The van der Waals surface area contributed by atoms with Crippen molar-refractivity contribution < 1.29 is 14.3 Å². The maximum atomic E-state index is 11.8. The van der Waals surface area contributed by atoms with Gasteiger partial charge in [0.1, 0.15) is 6.10 Å². The van der Waals surface area contributed by atoms with Crippen LogP contribution in [0.15, 0.2) is 0 Å². The number of amides is 1. The Morgan fingerprint density at radius 2 is 2.06 bits per heavy atom. The van der Waals surface area contributed by atoms with Crippen LogP contribution in [0.1, 0.15) is 44.9 Å². The van der Waals surface area contributed by atoms with Crippen LogP contribution in [0.4, 0.5) is 0 Å². The lowest BCUT2D eigenvalue weighted by Gasteiger charge is -2.23. The second-order valence-corrected chi connectivity index (χ2v) is 5.82. The quantitative estimate of drug-likeness (QED) is 0.831. The van der Waals surface area contributed by atoms with Gasteiger partial charge in [0.15, 0.2) is 0 Å². The molecule has 0 spiro atoms. The number of carbonyl (C=O) groups excluding carboxylic acids is 1. The third-order valence-electron chi connectivity index (χ3n) is 4.50. The first-order valence-electron chi connectivity index (χ1n) is 7.37. The first kappa shape index (κ1) is 12.4. The number of hydrogen-bond donors (Lipinski definition) is 1. The summed E-state index contributed by atoms with van der Waals surface area (Å²) in [5, 5.41) is 2.99. The highest BCUT2D eigenvalue weighted by Gasteiger charge is 2.36. The predicted molar refractivity (Wildman–Crippen MR) is 67.2 cm³/mol. The molecule has 4 atom stereocenters. The third kappa shape index (κ3) is 2.69. The monoisotopic (exact) mass is 253 g/mol. The Morgan fingerprint density at radius 3 is 2.83 bits per heavy atom. The standard InChI is InChI=1S/C14H23NO3/c16-14(13-6-3-7-17-13)15-9-11-8-10-4-1-2-5-12(10)18-11/h10-13H,1-9H2,(H,15,16)/t10-,11?,12+,13?/m0/s1. The molecule has 0 aromatic carbocycles. The molecule has 0 aromatic heterocycles. The number of rotatable bonds is 3. The number of nitrogens with one attached hydrogen (secondary N) is 1. The van der Waals surface area contributed by atoms with Crippen LogP contribution in [0.3, 0.4) is 0 Å². The molecule has 1 aliphatic carbocycles. The lowest BCUT2D eigenvalue weighted by atomic mass is 9.85. The van der Waals surface area contributed by atoms with E-state index in [1.807, 2.05) is 0 Å². The zero-order valence-corrected chi connectivity index (χ0v) is 10.9. The zero-order chi connectivity index (χ0) is 12.4. The van der Waals surface area contributed by atoms with Gasteiger partial charge in [-0.25, -0.2) is 0 Å². The Balaban J connectivity index is 1.42. The second kappa shape index (κ2) is 5.57. The summed E-state index contributed by atoms with van der Waals surface area (Å²) in [5.74, 6) is 0.786. The van der Waals surface area contributed by atoms with Crippen molar-refractivity contribution in [1.29, 1.82) is 0 Å². The summed E-state index contributed by atoms with van der Waals surface area (Å²) in [6.45, 7) is 1.38. The van der Waals surface area contributed by atoms with Crippen molar-refractivity contribution in [1.82, 2.24) is 5.32 Å². The van der Waals surface area contributed by atoms with Gasteiger partial charge in [0.25, 0.3) is 0 Å². The number of ether oxygens (including phenoxy) is 2. The summed E-state index contributed by atoms with van der Waals surface area (Å²) in [6, 6.07) is 0. The molecule has 3 rings (SSSR count). The summed E-state index contributed by atoms with van der Waals surface area (Å²) in [7, 11) is 0. The van der Waals surface area contributed by atoms with E-state index >= 15 is 0 Å². The van der Waals surface area contributed by atoms with Crippen molar-refractivity contribution in [3.63, 3.8) is 0 Å². The van der Waals surface area contributed by atoms with Gasteiger partial charge in [0, 0.05) is 13.2 Å². The topological polar surface area (TPSA) is 47.6 Å². The van der Waals surface area contributed by atoms with Crippen LogP contribution >= 0.6 is 0 Å². The summed E-state index contributed by atoms with van der Waals surface area (Å²) in [4.78, 5) is 11.8. The van der Waals surface area contributed by atoms with E-state index in [0.717, 1.165) is 31.8 Å². The van der Waals surface area contributed by atoms with Crippen LogP contribution < -0.4 is 5.32 Å². The average Bonchev–Trinajstić information content (AvgIpc) is 3.04. The van der Waals surface area contributed by atoms with Crippen LogP contribution in [-0.2, 0) is 14.3 Å². The molecular weight excluding hydrogens is 230 g/mol. The molecule has 2 aliphatic heterocycles. The summed E-state index contributed by atoms with van der Waals surface area (Å²) in [5.41, 5.74) is 0. The van der Waals surface area contributed by atoms with Crippen molar-refractivity contribution in [3.8, 4) is 0 Å². The van der Waals surface area contributed by atoms with Crippen LogP contribution in [0.5, 0.6) is 0 Å². The molecule has 1 amide bonds. The van der Waals surface area contributed by atoms with Crippen molar-refractivity contribution in [2.75, 3.05) is 13.2 Å². The van der Waals surface area contributed by atoms with Crippen LogP contribution in [0, 0.1) is 5.92 Å². The van der Waals surface area contributed by atoms with Crippen molar-refractivity contribution in [2.24, 2.45) is 5.92 Å². The normalized spacial score (nSPS) is 39.6. The lowest BCUT2D eigenvalue weighted by molar-refractivity contribution is -0.130. The molecule has 4 heteroatoms. The fourth-order valence-electron chi connectivity index (χ4n) is 3.51. The highest BCUT2D eigenvalue weighted by atomic mass is 16.5. The summed E-state index contributed by atoms with van der Waals surface area (Å²) >= 11 is 0. The lowest BCUT2D eigenvalue weighted by Crippen LogP contribution is -2.38. The van der Waals surface area contributed by atoms with Crippen molar-refractivity contribution in [2.45, 2.75) is 63.3 Å². The van der Waals surface area contributed by atoms with E-state index in [1.54, 1.807) is 0 Å². The van der Waals surface area contributed by atoms with E-state index < -0.39 is 0 Å². The van der Waals surface area contributed by atoms with Gasteiger partial charge < -0.3 is 14.8 Å². The molecule has 2 saturated heterocycles. The summed E-state index contributed by atoms with van der Waals surface area (Å²) < 4.78 is 11.4. The highest BCUT2D eigenvalue weighted by Crippen LogP contribution is 2.37. The van der Waals surface area contributed by atoms with Gasteiger partial charge in [0.05, 0.1) is 12.2 Å². The molecule has 3 aliphatic rings. The molecular formula is C14H23NO3. The van der Waals surface area contributed by atoms with Gasteiger partial charge in [-0.3, -0.25) is 4.79 Å². The largest absolute Gasteiger partial charge is 0.373 e. The van der Waals surface area contributed by atoms with Crippen LogP contribution in [-0.4, -0.2) is 37.4 Å². The fourth-order valence-corrected chi connectivity index (χ4v) is 3.51. The van der Waals surface area contributed by atoms with Gasteiger partial charge >= 0.3 is 0 Å². The van der Waals surface area contributed by atoms with Crippen LogP contribution in [0.2, 0.25) is 0 Å². The Kier molecular flexibility index (Phi) is 3.85. The Morgan fingerprint density at radius 1 is 1.17 bits per heavy atom. The molecule has 4 nitrogen and oxygen atoms in total. The molecule has 2 unspecified atom stereocenters. The Bertz CT molecular complexity index is 287. The fraction of sp³-hybridized carbons (Fsp3) is 0.929. The highest BCUT2D eigenvalue weighted by molar-refractivity contribution is 5.80. The third-order valence-corrected chi connectivity index (χ3v) is 4.50. The van der Waals surface area contributed by atoms with E-state index in [4.69, 9.17) is 9.47 Å². The van der Waals surface area contributed by atoms with Gasteiger partial charge in [0.2, 0.25) is 5.91 Å². The van der Waals surface area contributed by atoms with Gasteiger partial charge in [-0.2, -0.15) is 0 Å². The van der Waals surface area contributed by atoms with E-state index in [9.17, 15) is 4.79 Å². The SMILES string of the molecule is O=C(NCC1C[C@@H]2CCCC[C@H]2O1)C1CCCO1. The van der Waals surface area contributed by atoms with Gasteiger partial charge in [-0.15, -0.1) is 0 Å². The Labute approximate surface area is 108 Å². The zero-order valence-electron chi connectivity index (χ0n) is 10.9. The minimum atomic E-state index is -0.214. The molecule has 0 radical (unpaired) electrons. The molecule has 2 heterocycles. The number of fused-ring (bicyclic) bond motifs is 1. The van der Waals surface area contributed by atoms with E-state index in [0.29, 0.717) is 12.6 Å². The molecule has 18 heavy (non-hydrogen) atoms. The molecule has 102 valence electrons. The van der Waals surface area contributed by atoms with E-state index in [-0.39, 0.29) is 18.1 Å². The number of hydrogen-bond acceptors (Lipinski definition) is 3. The van der Waals surface area contributed by atoms with Gasteiger partial charge in [-0.1, -0.05) is 12.8 Å². The first-order chi connectivity index (χ1) is 8.83. The molecule has 0 aromatic rings. The van der Waals surface area contributed by atoms with E-state index in [1.165, 1.54) is 25.7 Å². The van der Waals surface area contributed by atoms with Crippen molar-refractivity contribution >= 4 is 5.91 Å². The molecule has 0 bridgehead atoms.